The Morgan fingerprint density at radius 1 is 1.30 bits per heavy atom. The molecule has 1 heterocycles. The van der Waals surface area contributed by atoms with Crippen LogP contribution in [0, 0.1) is 10.1 Å². The normalized spacial score (nSPS) is 15.8. The fourth-order valence-corrected chi connectivity index (χ4v) is 2.15. The van der Waals surface area contributed by atoms with Gasteiger partial charge >= 0.3 is 0 Å². The number of nitro groups is 1. The van der Waals surface area contributed by atoms with E-state index in [1.807, 2.05) is 6.07 Å². The molecule has 20 heavy (non-hydrogen) atoms. The van der Waals surface area contributed by atoms with Gasteiger partial charge < -0.3 is 15.4 Å². The summed E-state index contributed by atoms with van der Waals surface area (Å²) in [6, 6.07) is 4.94. The summed E-state index contributed by atoms with van der Waals surface area (Å²) in [5, 5.41) is 17.0. The molecule has 1 aromatic rings. The molecule has 2 rings (SSSR count). The molecule has 0 radical (unpaired) electrons. The molecule has 1 aliphatic rings. The zero-order valence-corrected chi connectivity index (χ0v) is 11.6. The summed E-state index contributed by atoms with van der Waals surface area (Å²) in [6.45, 7) is 5.10. The van der Waals surface area contributed by atoms with E-state index in [9.17, 15) is 10.1 Å². The molecule has 0 saturated carbocycles. The minimum atomic E-state index is -0.381. The minimum absolute atomic E-state index is 0.0886. The van der Waals surface area contributed by atoms with Gasteiger partial charge in [-0.3, -0.25) is 15.0 Å². The predicted molar refractivity (Wildman–Crippen MR) is 78.4 cm³/mol. The Morgan fingerprint density at radius 2 is 2.00 bits per heavy atom. The second-order valence-electron chi connectivity index (χ2n) is 4.66. The number of nitrogens with zero attached hydrogens (tertiary/aromatic N) is 2. The first kappa shape index (κ1) is 14.5. The van der Waals surface area contributed by atoms with Crippen LogP contribution in [-0.4, -0.2) is 56.3 Å². The third kappa shape index (κ3) is 4.07. The lowest BCUT2D eigenvalue weighted by Crippen LogP contribution is -2.39. The van der Waals surface area contributed by atoms with Crippen molar-refractivity contribution in [1.82, 2.24) is 4.90 Å². The van der Waals surface area contributed by atoms with Crippen LogP contribution in [0.2, 0.25) is 0 Å². The van der Waals surface area contributed by atoms with E-state index in [-0.39, 0.29) is 10.6 Å². The van der Waals surface area contributed by atoms with Crippen LogP contribution in [0.25, 0.3) is 0 Å². The van der Waals surface area contributed by atoms with Crippen molar-refractivity contribution in [3.8, 4) is 0 Å². The van der Waals surface area contributed by atoms with Gasteiger partial charge in [-0.2, -0.15) is 0 Å². The molecule has 0 bridgehead atoms. The molecule has 110 valence electrons. The Hall–Kier alpha value is -1.86. The summed E-state index contributed by atoms with van der Waals surface area (Å²) in [6.07, 6.45) is 0. The summed E-state index contributed by atoms with van der Waals surface area (Å²) >= 11 is 0. The lowest BCUT2D eigenvalue weighted by Gasteiger charge is -2.26. The zero-order chi connectivity index (χ0) is 14.4. The topological polar surface area (TPSA) is 79.7 Å². The molecule has 1 aliphatic heterocycles. The summed E-state index contributed by atoms with van der Waals surface area (Å²) in [5.74, 6) is 0. The number of benzene rings is 1. The molecule has 0 aliphatic carbocycles. The fraction of sp³-hybridized carbons (Fsp3) is 0.538. The van der Waals surface area contributed by atoms with E-state index in [4.69, 9.17) is 4.74 Å². The highest BCUT2D eigenvalue weighted by atomic mass is 16.6. The lowest BCUT2D eigenvalue weighted by atomic mass is 10.2. The van der Waals surface area contributed by atoms with Crippen LogP contribution in [0.1, 0.15) is 0 Å². The second kappa shape index (κ2) is 7.06. The van der Waals surface area contributed by atoms with Crippen molar-refractivity contribution >= 4 is 17.1 Å². The minimum Gasteiger partial charge on any atom is -0.388 e. The number of non-ortho nitro benzene ring substituents is 1. The van der Waals surface area contributed by atoms with Crippen molar-refractivity contribution in [1.29, 1.82) is 0 Å². The molecule has 0 spiro atoms. The van der Waals surface area contributed by atoms with Crippen LogP contribution in [0.15, 0.2) is 18.2 Å². The number of anilines is 2. The van der Waals surface area contributed by atoms with Crippen LogP contribution in [-0.2, 0) is 4.74 Å². The van der Waals surface area contributed by atoms with Crippen LogP contribution >= 0.6 is 0 Å². The monoisotopic (exact) mass is 280 g/mol. The summed E-state index contributed by atoms with van der Waals surface area (Å²) in [4.78, 5) is 12.8. The molecule has 0 aromatic heterocycles. The Labute approximate surface area is 118 Å². The third-order valence-corrected chi connectivity index (χ3v) is 3.28. The van der Waals surface area contributed by atoms with E-state index < -0.39 is 0 Å². The van der Waals surface area contributed by atoms with Gasteiger partial charge in [0.05, 0.1) is 18.1 Å². The molecule has 0 atom stereocenters. The molecule has 0 unspecified atom stereocenters. The average molecular weight is 280 g/mol. The van der Waals surface area contributed by atoms with Gasteiger partial charge in [0.15, 0.2) is 0 Å². The molecule has 1 aromatic carbocycles. The van der Waals surface area contributed by atoms with E-state index >= 15 is 0 Å². The van der Waals surface area contributed by atoms with E-state index in [1.165, 1.54) is 6.07 Å². The van der Waals surface area contributed by atoms with Crippen molar-refractivity contribution in [3.63, 3.8) is 0 Å². The highest BCUT2D eigenvalue weighted by Gasteiger charge is 2.11. The average Bonchev–Trinajstić information content (AvgIpc) is 2.48. The first-order chi connectivity index (χ1) is 9.69. The molecule has 1 saturated heterocycles. The number of hydrogen-bond donors (Lipinski definition) is 2. The lowest BCUT2D eigenvalue weighted by molar-refractivity contribution is -0.384. The molecular weight excluding hydrogens is 260 g/mol. The quantitative estimate of drug-likeness (QED) is 0.605. The first-order valence-corrected chi connectivity index (χ1v) is 6.70. The molecule has 0 amide bonds. The molecular formula is C13H20N4O3. The van der Waals surface area contributed by atoms with Crippen molar-refractivity contribution in [3.05, 3.63) is 28.3 Å². The molecule has 7 nitrogen and oxygen atoms in total. The summed E-state index contributed by atoms with van der Waals surface area (Å²) in [7, 11) is 1.75. The van der Waals surface area contributed by atoms with Gasteiger partial charge in [-0.05, 0) is 6.07 Å². The van der Waals surface area contributed by atoms with Crippen molar-refractivity contribution in [2.24, 2.45) is 0 Å². The maximum Gasteiger partial charge on any atom is 0.273 e. The predicted octanol–water partition coefficient (Wildman–Crippen LogP) is 1.38. The maximum atomic E-state index is 10.9. The highest BCUT2D eigenvalue weighted by molar-refractivity contribution is 5.63. The van der Waals surface area contributed by atoms with Gasteiger partial charge in [0.1, 0.15) is 0 Å². The van der Waals surface area contributed by atoms with E-state index in [2.05, 4.69) is 15.5 Å². The van der Waals surface area contributed by atoms with Gasteiger partial charge in [0, 0.05) is 56.7 Å². The molecule has 7 heteroatoms. The van der Waals surface area contributed by atoms with Gasteiger partial charge in [-0.1, -0.05) is 0 Å². The van der Waals surface area contributed by atoms with Crippen molar-refractivity contribution in [2.75, 3.05) is 57.1 Å². The zero-order valence-electron chi connectivity index (χ0n) is 11.6. The number of hydrogen-bond acceptors (Lipinski definition) is 6. The largest absolute Gasteiger partial charge is 0.388 e. The number of nitro benzene ring substituents is 1. The van der Waals surface area contributed by atoms with E-state index in [0.717, 1.165) is 50.8 Å². The Balaban J connectivity index is 1.91. The van der Waals surface area contributed by atoms with Crippen LogP contribution in [0.5, 0.6) is 0 Å². The van der Waals surface area contributed by atoms with E-state index in [0.29, 0.717) is 0 Å². The SMILES string of the molecule is CNc1cc(NCCN2CCOCC2)cc([N+](=O)[O-])c1. The number of ether oxygens (including phenoxy) is 1. The Bertz CT molecular complexity index is 461. The van der Waals surface area contributed by atoms with Crippen molar-refractivity contribution in [2.45, 2.75) is 0 Å². The van der Waals surface area contributed by atoms with Crippen LogP contribution in [0.4, 0.5) is 17.1 Å². The number of morpholine rings is 1. The third-order valence-electron chi connectivity index (χ3n) is 3.28. The van der Waals surface area contributed by atoms with Gasteiger partial charge in [0.2, 0.25) is 0 Å². The summed E-state index contributed by atoms with van der Waals surface area (Å²) in [5.41, 5.74) is 1.58. The standard InChI is InChI=1S/C13H20N4O3/c1-14-11-8-12(10-13(9-11)17(18)19)15-2-3-16-4-6-20-7-5-16/h8-10,14-15H,2-7H2,1H3. The molecule has 2 N–H and O–H groups in total. The first-order valence-electron chi connectivity index (χ1n) is 6.70. The summed E-state index contributed by atoms with van der Waals surface area (Å²) < 4.78 is 5.29. The number of rotatable bonds is 6. The highest BCUT2D eigenvalue weighted by Crippen LogP contribution is 2.23. The van der Waals surface area contributed by atoms with E-state index in [1.54, 1.807) is 13.1 Å². The smallest absolute Gasteiger partial charge is 0.273 e. The second-order valence-corrected chi connectivity index (χ2v) is 4.66. The van der Waals surface area contributed by atoms with Gasteiger partial charge in [-0.25, -0.2) is 0 Å². The van der Waals surface area contributed by atoms with Gasteiger partial charge in [-0.15, -0.1) is 0 Å². The van der Waals surface area contributed by atoms with Crippen molar-refractivity contribution < 1.29 is 9.66 Å². The fourth-order valence-electron chi connectivity index (χ4n) is 2.15. The maximum absolute atomic E-state index is 10.9. The Morgan fingerprint density at radius 3 is 2.65 bits per heavy atom. The molecule has 1 fully saturated rings. The van der Waals surface area contributed by atoms with Crippen LogP contribution in [0.3, 0.4) is 0 Å². The number of nitrogens with one attached hydrogen (secondary N) is 2. The van der Waals surface area contributed by atoms with Gasteiger partial charge in [0.25, 0.3) is 5.69 Å². The Kier molecular flexibility index (Phi) is 5.14. The van der Waals surface area contributed by atoms with Crippen LogP contribution < -0.4 is 10.6 Å².